The Balaban J connectivity index is 1.53. The van der Waals surface area contributed by atoms with E-state index in [0.717, 1.165) is 25.1 Å². The van der Waals surface area contributed by atoms with Gasteiger partial charge in [-0.25, -0.2) is 0 Å². The summed E-state index contributed by atoms with van der Waals surface area (Å²) in [6.07, 6.45) is 3.88. The van der Waals surface area contributed by atoms with Crippen molar-refractivity contribution in [2.75, 3.05) is 18.5 Å². The molecule has 0 saturated carbocycles. The molecule has 1 N–H and O–H groups in total. The zero-order valence-corrected chi connectivity index (χ0v) is 15.6. The molecule has 1 fully saturated rings. The van der Waals surface area contributed by atoms with Gasteiger partial charge in [-0.3, -0.25) is 14.2 Å². The van der Waals surface area contributed by atoms with E-state index < -0.39 is 0 Å². The quantitative estimate of drug-likeness (QED) is 0.740. The van der Waals surface area contributed by atoms with Gasteiger partial charge in [0.25, 0.3) is 5.91 Å². The Morgan fingerprint density at radius 2 is 2.19 bits per heavy atom. The highest BCUT2D eigenvalue weighted by molar-refractivity contribution is 6.03. The van der Waals surface area contributed by atoms with Crippen molar-refractivity contribution in [1.82, 2.24) is 34.6 Å². The monoisotopic (exact) mass is 370 g/mol. The summed E-state index contributed by atoms with van der Waals surface area (Å²) in [6, 6.07) is 3.71. The Morgan fingerprint density at radius 3 is 2.89 bits per heavy atom. The van der Waals surface area contributed by atoms with Crippen LogP contribution >= 0.6 is 0 Å². The smallest absolute Gasteiger partial charge is 0.279 e. The van der Waals surface area contributed by atoms with Crippen molar-refractivity contribution in [2.24, 2.45) is 14.1 Å². The molecular formula is C17H22N8O2. The third-order valence-corrected chi connectivity index (χ3v) is 4.75. The fourth-order valence-electron chi connectivity index (χ4n) is 3.23. The van der Waals surface area contributed by atoms with Crippen LogP contribution in [0.1, 0.15) is 40.6 Å². The lowest BCUT2D eigenvalue weighted by Crippen LogP contribution is -2.16. The Kier molecular flexibility index (Phi) is 4.48. The first-order chi connectivity index (χ1) is 13.0. The van der Waals surface area contributed by atoms with Crippen molar-refractivity contribution in [3.05, 3.63) is 35.4 Å². The van der Waals surface area contributed by atoms with Crippen molar-refractivity contribution in [1.29, 1.82) is 0 Å². The van der Waals surface area contributed by atoms with E-state index in [9.17, 15) is 4.79 Å². The maximum absolute atomic E-state index is 12.7. The Morgan fingerprint density at radius 1 is 1.33 bits per heavy atom. The molecule has 0 aliphatic carbocycles. The lowest BCUT2D eigenvalue weighted by atomic mass is 9.99. The number of hydrogen-bond acceptors (Lipinski definition) is 6. The number of amides is 1. The lowest BCUT2D eigenvalue weighted by Gasteiger charge is -2.19. The number of ether oxygens (including phenoxy) is 1. The van der Waals surface area contributed by atoms with Gasteiger partial charge in [-0.15, -0.1) is 5.10 Å². The van der Waals surface area contributed by atoms with E-state index in [1.165, 1.54) is 0 Å². The van der Waals surface area contributed by atoms with E-state index in [1.54, 1.807) is 28.0 Å². The fourth-order valence-corrected chi connectivity index (χ4v) is 3.23. The van der Waals surface area contributed by atoms with Crippen LogP contribution in [0.15, 0.2) is 18.3 Å². The van der Waals surface area contributed by atoms with Crippen LogP contribution in [0, 0.1) is 6.92 Å². The first kappa shape index (κ1) is 17.4. The number of aryl methyl sites for hydroxylation is 2. The Bertz CT molecular complexity index is 964. The largest absolute Gasteiger partial charge is 0.381 e. The Labute approximate surface area is 156 Å². The maximum Gasteiger partial charge on any atom is 0.279 e. The number of carbonyl (C=O) groups is 1. The molecule has 0 bridgehead atoms. The number of anilines is 1. The summed E-state index contributed by atoms with van der Waals surface area (Å²) in [5.74, 6) is 1.17. The fraction of sp³-hybridized carbons (Fsp3) is 0.471. The molecule has 1 amide bonds. The highest BCUT2D eigenvalue weighted by atomic mass is 16.5. The molecule has 0 radical (unpaired) electrons. The standard InChI is InChI=1S/C17H22N8O2/c1-11-16(19-22-25(11)14-6-7-23(2)21-14)17(26)18-15-9-13(20-24(15)3)12-5-4-8-27-10-12/h6-7,9,12H,4-5,8,10H2,1-3H3,(H,18,26). The minimum atomic E-state index is -0.330. The zero-order valence-electron chi connectivity index (χ0n) is 15.6. The van der Waals surface area contributed by atoms with Crippen molar-refractivity contribution < 1.29 is 9.53 Å². The van der Waals surface area contributed by atoms with Gasteiger partial charge < -0.3 is 10.1 Å². The molecule has 142 valence electrons. The van der Waals surface area contributed by atoms with E-state index >= 15 is 0 Å². The first-order valence-electron chi connectivity index (χ1n) is 8.88. The van der Waals surface area contributed by atoms with Crippen molar-refractivity contribution in [3.63, 3.8) is 0 Å². The summed E-state index contributed by atoms with van der Waals surface area (Å²) in [4.78, 5) is 12.7. The molecule has 0 aromatic carbocycles. The van der Waals surface area contributed by atoms with Crippen LogP contribution in [0.2, 0.25) is 0 Å². The maximum atomic E-state index is 12.7. The van der Waals surface area contributed by atoms with Gasteiger partial charge in [-0.1, -0.05) is 5.21 Å². The van der Waals surface area contributed by atoms with Gasteiger partial charge >= 0.3 is 0 Å². The molecular weight excluding hydrogens is 348 g/mol. The zero-order chi connectivity index (χ0) is 19.0. The van der Waals surface area contributed by atoms with Gasteiger partial charge in [-0.2, -0.15) is 14.9 Å². The number of aromatic nitrogens is 7. The number of nitrogens with zero attached hydrogens (tertiary/aromatic N) is 7. The summed E-state index contributed by atoms with van der Waals surface area (Å²) in [6.45, 7) is 3.26. The van der Waals surface area contributed by atoms with Crippen LogP contribution < -0.4 is 5.32 Å². The average molecular weight is 370 g/mol. The van der Waals surface area contributed by atoms with Crippen LogP contribution in [-0.4, -0.2) is 53.7 Å². The average Bonchev–Trinajstić information content (AvgIpc) is 3.35. The molecule has 4 heterocycles. The van der Waals surface area contributed by atoms with Crippen molar-refractivity contribution in [3.8, 4) is 5.82 Å². The third kappa shape index (κ3) is 3.35. The van der Waals surface area contributed by atoms with Crippen LogP contribution in [0.5, 0.6) is 0 Å². The molecule has 1 aliphatic heterocycles. The van der Waals surface area contributed by atoms with Crippen LogP contribution in [0.4, 0.5) is 5.82 Å². The Hall–Kier alpha value is -3.01. The topological polar surface area (TPSA) is 105 Å². The molecule has 4 rings (SSSR count). The summed E-state index contributed by atoms with van der Waals surface area (Å²) >= 11 is 0. The molecule has 10 heteroatoms. The van der Waals surface area contributed by atoms with Gasteiger partial charge in [-0.05, 0) is 19.8 Å². The van der Waals surface area contributed by atoms with E-state index in [1.807, 2.05) is 25.4 Å². The highest BCUT2D eigenvalue weighted by Crippen LogP contribution is 2.26. The van der Waals surface area contributed by atoms with Gasteiger partial charge in [0.05, 0.1) is 18.0 Å². The molecule has 0 spiro atoms. The molecule has 3 aromatic heterocycles. The first-order valence-corrected chi connectivity index (χ1v) is 8.88. The lowest BCUT2D eigenvalue weighted by molar-refractivity contribution is 0.0791. The summed E-state index contributed by atoms with van der Waals surface area (Å²) in [5, 5.41) is 19.8. The van der Waals surface area contributed by atoms with Crippen molar-refractivity contribution in [2.45, 2.75) is 25.7 Å². The van der Waals surface area contributed by atoms with Crippen LogP contribution in [0.3, 0.4) is 0 Å². The van der Waals surface area contributed by atoms with Gasteiger partial charge in [0, 0.05) is 44.9 Å². The molecule has 27 heavy (non-hydrogen) atoms. The predicted octanol–water partition coefficient (Wildman–Crippen LogP) is 1.19. The summed E-state index contributed by atoms with van der Waals surface area (Å²) in [5.41, 5.74) is 1.81. The number of nitrogens with one attached hydrogen (secondary N) is 1. The third-order valence-electron chi connectivity index (χ3n) is 4.75. The molecule has 1 aliphatic rings. The molecule has 1 atom stereocenters. The van der Waals surface area contributed by atoms with Crippen LogP contribution in [0.25, 0.3) is 5.82 Å². The minimum absolute atomic E-state index is 0.254. The van der Waals surface area contributed by atoms with Crippen molar-refractivity contribution >= 4 is 11.7 Å². The second kappa shape index (κ2) is 6.95. The molecule has 3 aromatic rings. The van der Waals surface area contributed by atoms with E-state index in [-0.39, 0.29) is 17.5 Å². The van der Waals surface area contributed by atoms with Gasteiger partial charge in [0.1, 0.15) is 5.82 Å². The second-order valence-corrected chi connectivity index (χ2v) is 6.73. The number of hydrogen-bond donors (Lipinski definition) is 1. The van der Waals surface area contributed by atoms with E-state index in [0.29, 0.717) is 23.9 Å². The predicted molar refractivity (Wildman–Crippen MR) is 96.8 cm³/mol. The molecule has 10 nitrogen and oxygen atoms in total. The SMILES string of the molecule is Cc1c(C(=O)Nc2cc(C3CCCOC3)nn2C)nnn1-c1ccn(C)n1. The number of rotatable bonds is 4. The second-order valence-electron chi connectivity index (χ2n) is 6.73. The molecule has 1 unspecified atom stereocenters. The highest BCUT2D eigenvalue weighted by Gasteiger charge is 2.23. The molecule has 1 saturated heterocycles. The van der Waals surface area contributed by atoms with Gasteiger partial charge in [0.2, 0.25) is 0 Å². The normalized spacial score (nSPS) is 17.2. The summed E-state index contributed by atoms with van der Waals surface area (Å²) in [7, 11) is 3.63. The van der Waals surface area contributed by atoms with Gasteiger partial charge in [0.15, 0.2) is 11.5 Å². The number of carbonyl (C=O) groups excluding carboxylic acids is 1. The minimum Gasteiger partial charge on any atom is -0.381 e. The van der Waals surface area contributed by atoms with E-state index in [2.05, 4.69) is 25.8 Å². The van der Waals surface area contributed by atoms with E-state index in [4.69, 9.17) is 4.74 Å². The summed E-state index contributed by atoms with van der Waals surface area (Å²) < 4.78 is 10.4. The van der Waals surface area contributed by atoms with Crippen LogP contribution in [-0.2, 0) is 18.8 Å².